The molecule has 1 aliphatic rings. The van der Waals surface area contributed by atoms with Gasteiger partial charge in [-0.15, -0.1) is 11.3 Å². The number of anilines is 2. The van der Waals surface area contributed by atoms with Crippen LogP contribution in [0.4, 0.5) is 11.8 Å². The molecule has 0 radical (unpaired) electrons. The summed E-state index contributed by atoms with van der Waals surface area (Å²) in [5.74, 6) is 2.46. The lowest BCUT2D eigenvalue weighted by Gasteiger charge is -2.29. The van der Waals surface area contributed by atoms with Gasteiger partial charge >= 0.3 is 0 Å². The van der Waals surface area contributed by atoms with E-state index in [0.717, 1.165) is 41.7 Å². The molecule has 1 fully saturated rings. The summed E-state index contributed by atoms with van der Waals surface area (Å²) in [6.45, 7) is 2.05. The van der Waals surface area contributed by atoms with E-state index in [1.54, 1.807) is 0 Å². The summed E-state index contributed by atoms with van der Waals surface area (Å²) in [6.07, 6.45) is 4.81. The van der Waals surface area contributed by atoms with Crippen molar-refractivity contribution in [2.24, 2.45) is 5.92 Å². The summed E-state index contributed by atoms with van der Waals surface area (Å²) in [5, 5.41) is 12.1. The Morgan fingerprint density at radius 2 is 1.69 bits per heavy atom. The van der Waals surface area contributed by atoms with E-state index in [1.807, 2.05) is 37.6 Å². The van der Waals surface area contributed by atoms with Gasteiger partial charge in [-0.25, -0.2) is 4.98 Å². The first kappa shape index (κ1) is 21.2. The lowest BCUT2D eigenvalue weighted by Crippen LogP contribution is -2.31. The number of para-hydroxylation sites is 1. The largest absolute Gasteiger partial charge is 0.362 e. The molecule has 0 bridgehead atoms. The molecular weight excluding hydrogens is 414 g/mol. The SMILES string of the molecule is CN(C)c1nc(N[C@H]2CC[C@@H](CNCc3csc4ccccc34)CC2)nc2ccccc12. The molecule has 0 amide bonds. The van der Waals surface area contributed by atoms with E-state index in [4.69, 9.17) is 9.97 Å². The number of rotatable bonds is 7. The first-order valence-electron chi connectivity index (χ1n) is 11.5. The number of hydrogen-bond donors (Lipinski definition) is 2. The Hall–Kier alpha value is -2.70. The van der Waals surface area contributed by atoms with Crippen LogP contribution in [0.5, 0.6) is 0 Å². The standard InChI is InChI=1S/C26H31N5S/c1-31(2)25-22-8-3-5-9-23(22)29-26(30-25)28-20-13-11-18(12-14-20)15-27-16-19-17-32-24-10-6-4-7-21(19)24/h3-10,17-18,20,27H,11-16H2,1-2H3,(H,28,29,30)/t18-,20+. The summed E-state index contributed by atoms with van der Waals surface area (Å²) >= 11 is 1.84. The molecule has 4 aromatic rings. The van der Waals surface area contributed by atoms with Crippen LogP contribution in [-0.2, 0) is 6.54 Å². The smallest absolute Gasteiger partial charge is 0.225 e. The van der Waals surface area contributed by atoms with Crippen LogP contribution in [0, 0.1) is 5.92 Å². The van der Waals surface area contributed by atoms with Crippen molar-refractivity contribution in [3.8, 4) is 0 Å². The molecule has 0 unspecified atom stereocenters. The Kier molecular flexibility index (Phi) is 6.23. The molecule has 0 spiro atoms. The number of fused-ring (bicyclic) bond motifs is 2. The van der Waals surface area contributed by atoms with Crippen LogP contribution in [0.3, 0.4) is 0 Å². The third-order valence-electron chi connectivity index (χ3n) is 6.50. The van der Waals surface area contributed by atoms with E-state index < -0.39 is 0 Å². The van der Waals surface area contributed by atoms with Crippen molar-refractivity contribution >= 4 is 44.1 Å². The second-order valence-corrected chi connectivity index (χ2v) is 9.94. The average molecular weight is 446 g/mol. The van der Waals surface area contributed by atoms with Crippen LogP contribution >= 0.6 is 11.3 Å². The highest BCUT2D eigenvalue weighted by Crippen LogP contribution is 2.29. The third kappa shape index (κ3) is 4.57. The summed E-state index contributed by atoms with van der Waals surface area (Å²) in [7, 11) is 4.07. The second-order valence-electron chi connectivity index (χ2n) is 9.03. The summed E-state index contributed by atoms with van der Waals surface area (Å²) in [4.78, 5) is 11.6. The molecule has 2 aromatic heterocycles. The van der Waals surface area contributed by atoms with E-state index in [2.05, 4.69) is 57.3 Å². The van der Waals surface area contributed by atoms with Crippen LogP contribution in [0.15, 0.2) is 53.9 Å². The van der Waals surface area contributed by atoms with Crippen molar-refractivity contribution in [2.75, 3.05) is 30.9 Å². The lowest BCUT2D eigenvalue weighted by atomic mass is 9.86. The molecular formula is C26H31N5S. The Bertz CT molecular complexity index is 1190. The molecule has 1 aliphatic carbocycles. The Morgan fingerprint density at radius 3 is 2.50 bits per heavy atom. The van der Waals surface area contributed by atoms with E-state index in [1.165, 1.54) is 41.3 Å². The number of hydrogen-bond acceptors (Lipinski definition) is 6. The van der Waals surface area contributed by atoms with Gasteiger partial charge in [-0.2, -0.15) is 4.98 Å². The van der Waals surface area contributed by atoms with Crippen LogP contribution < -0.4 is 15.5 Å². The fraction of sp³-hybridized carbons (Fsp3) is 0.385. The maximum Gasteiger partial charge on any atom is 0.225 e. The van der Waals surface area contributed by atoms with Crippen molar-refractivity contribution in [2.45, 2.75) is 38.3 Å². The first-order valence-corrected chi connectivity index (χ1v) is 12.4. The molecule has 166 valence electrons. The van der Waals surface area contributed by atoms with E-state index >= 15 is 0 Å². The highest BCUT2D eigenvalue weighted by molar-refractivity contribution is 7.17. The van der Waals surface area contributed by atoms with Gasteiger partial charge in [-0.05, 0) is 72.7 Å². The van der Waals surface area contributed by atoms with Crippen LogP contribution in [0.25, 0.3) is 21.0 Å². The van der Waals surface area contributed by atoms with Crippen LogP contribution in [0.2, 0.25) is 0 Å². The molecule has 5 nitrogen and oxygen atoms in total. The van der Waals surface area contributed by atoms with Gasteiger partial charge in [0.25, 0.3) is 0 Å². The van der Waals surface area contributed by atoms with Crippen molar-refractivity contribution in [1.29, 1.82) is 0 Å². The molecule has 32 heavy (non-hydrogen) atoms. The molecule has 0 atom stereocenters. The fourth-order valence-electron chi connectivity index (χ4n) is 4.74. The summed E-state index contributed by atoms with van der Waals surface area (Å²) < 4.78 is 1.38. The average Bonchev–Trinajstić information content (AvgIpc) is 3.23. The Labute approximate surface area is 193 Å². The quantitative estimate of drug-likeness (QED) is 0.384. The molecule has 2 aromatic carbocycles. The predicted octanol–water partition coefficient (Wildman–Crippen LogP) is 5.67. The summed E-state index contributed by atoms with van der Waals surface area (Å²) in [6, 6.07) is 17.4. The number of aromatic nitrogens is 2. The number of nitrogens with one attached hydrogen (secondary N) is 2. The molecule has 6 heteroatoms. The van der Waals surface area contributed by atoms with Gasteiger partial charge in [0.2, 0.25) is 5.95 Å². The maximum absolute atomic E-state index is 4.81. The molecule has 2 heterocycles. The van der Waals surface area contributed by atoms with E-state index in [9.17, 15) is 0 Å². The van der Waals surface area contributed by atoms with Gasteiger partial charge in [0.15, 0.2) is 0 Å². The molecule has 1 saturated carbocycles. The van der Waals surface area contributed by atoms with Crippen molar-refractivity contribution in [3.05, 3.63) is 59.5 Å². The highest BCUT2D eigenvalue weighted by atomic mass is 32.1. The van der Waals surface area contributed by atoms with Gasteiger partial charge in [-0.3, -0.25) is 0 Å². The van der Waals surface area contributed by atoms with Crippen molar-refractivity contribution in [3.63, 3.8) is 0 Å². The Morgan fingerprint density at radius 1 is 0.938 bits per heavy atom. The number of nitrogens with zero attached hydrogens (tertiary/aromatic N) is 3. The van der Waals surface area contributed by atoms with Gasteiger partial charge < -0.3 is 15.5 Å². The number of thiophene rings is 1. The highest BCUT2D eigenvalue weighted by Gasteiger charge is 2.22. The van der Waals surface area contributed by atoms with Crippen LogP contribution in [-0.4, -0.2) is 36.6 Å². The minimum Gasteiger partial charge on any atom is -0.362 e. The minimum atomic E-state index is 0.447. The van der Waals surface area contributed by atoms with Gasteiger partial charge in [0.1, 0.15) is 5.82 Å². The molecule has 0 saturated heterocycles. The fourth-order valence-corrected chi connectivity index (χ4v) is 5.70. The maximum atomic E-state index is 4.81. The van der Waals surface area contributed by atoms with Gasteiger partial charge in [0.05, 0.1) is 5.52 Å². The summed E-state index contributed by atoms with van der Waals surface area (Å²) in [5.41, 5.74) is 2.42. The van der Waals surface area contributed by atoms with E-state index in [-0.39, 0.29) is 0 Å². The van der Waals surface area contributed by atoms with E-state index in [0.29, 0.717) is 6.04 Å². The zero-order valence-corrected chi connectivity index (χ0v) is 19.7. The first-order chi connectivity index (χ1) is 15.7. The van der Waals surface area contributed by atoms with Crippen molar-refractivity contribution in [1.82, 2.24) is 15.3 Å². The topological polar surface area (TPSA) is 53.1 Å². The van der Waals surface area contributed by atoms with Gasteiger partial charge in [0, 0.05) is 36.8 Å². The minimum absolute atomic E-state index is 0.447. The second kappa shape index (κ2) is 9.43. The predicted molar refractivity (Wildman–Crippen MR) is 137 cm³/mol. The monoisotopic (exact) mass is 445 g/mol. The molecule has 2 N–H and O–H groups in total. The van der Waals surface area contributed by atoms with Crippen molar-refractivity contribution < 1.29 is 0 Å². The van der Waals surface area contributed by atoms with Crippen LogP contribution in [0.1, 0.15) is 31.2 Å². The zero-order chi connectivity index (χ0) is 21.9. The molecule has 5 rings (SSSR count). The van der Waals surface area contributed by atoms with Gasteiger partial charge in [-0.1, -0.05) is 30.3 Å². The zero-order valence-electron chi connectivity index (χ0n) is 18.8. The third-order valence-corrected chi connectivity index (χ3v) is 7.51. The lowest BCUT2D eigenvalue weighted by molar-refractivity contribution is 0.324. The normalized spacial score (nSPS) is 18.8. The molecule has 0 aliphatic heterocycles. The number of benzene rings is 2. The Balaban J connectivity index is 1.14.